The first kappa shape index (κ1) is 17.6. The first-order valence-corrected chi connectivity index (χ1v) is 7.51. The summed E-state index contributed by atoms with van der Waals surface area (Å²) in [6, 6.07) is 7.64. The minimum Gasteiger partial charge on any atom is -0.325 e. The fourth-order valence-corrected chi connectivity index (χ4v) is 2.61. The van der Waals surface area contributed by atoms with Gasteiger partial charge in [-0.3, -0.25) is 4.79 Å². The van der Waals surface area contributed by atoms with Crippen molar-refractivity contribution in [1.29, 1.82) is 0 Å². The molecule has 4 nitrogen and oxygen atoms in total. The number of halogens is 1. The highest BCUT2D eigenvalue weighted by molar-refractivity contribution is 7.13. The second-order valence-corrected chi connectivity index (χ2v) is 5.93. The molecule has 0 saturated carbocycles. The number of nitrogens with zero attached hydrogens (tertiary/aromatic N) is 1. The van der Waals surface area contributed by atoms with Gasteiger partial charge in [0.05, 0.1) is 5.54 Å². The van der Waals surface area contributed by atoms with Gasteiger partial charge in [0.25, 0.3) is 0 Å². The molecule has 0 fully saturated rings. The number of hydrogen-bond acceptors (Lipinski definition) is 4. The van der Waals surface area contributed by atoms with Crippen molar-refractivity contribution in [1.82, 2.24) is 4.98 Å². The van der Waals surface area contributed by atoms with Crippen LogP contribution in [0.3, 0.4) is 0 Å². The van der Waals surface area contributed by atoms with E-state index >= 15 is 0 Å². The summed E-state index contributed by atoms with van der Waals surface area (Å²) >= 11 is 1.59. The number of carbonyl (C=O) groups is 1. The number of amides is 1. The lowest BCUT2D eigenvalue weighted by atomic mass is 9.96. The van der Waals surface area contributed by atoms with Gasteiger partial charge >= 0.3 is 0 Å². The van der Waals surface area contributed by atoms with Gasteiger partial charge in [0, 0.05) is 22.8 Å². The minimum absolute atomic E-state index is 0. The summed E-state index contributed by atoms with van der Waals surface area (Å²) < 4.78 is 0. The molecule has 114 valence electrons. The van der Waals surface area contributed by atoms with Crippen LogP contribution in [-0.2, 0) is 4.79 Å². The highest BCUT2D eigenvalue weighted by atomic mass is 35.5. The lowest BCUT2D eigenvalue weighted by molar-refractivity contribution is -0.120. The van der Waals surface area contributed by atoms with Crippen LogP contribution in [0.1, 0.15) is 26.7 Å². The van der Waals surface area contributed by atoms with E-state index in [9.17, 15) is 4.79 Å². The van der Waals surface area contributed by atoms with Gasteiger partial charge in [-0.05, 0) is 37.6 Å². The molecule has 0 radical (unpaired) electrons. The molecule has 21 heavy (non-hydrogen) atoms. The molecule has 0 spiro atoms. The number of nitrogens with two attached hydrogens (primary N) is 1. The van der Waals surface area contributed by atoms with Crippen LogP contribution in [0.5, 0.6) is 0 Å². The fraction of sp³-hybridized carbons (Fsp3) is 0.333. The molecular formula is C15H20ClN3OS. The van der Waals surface area contributed by atoms with E-state index in [2.05, 4.69) is 10.3 Å². The summed E-state index contributed by atoms with van der Waals surface area (Å²) in [6.07, 6.45) is 3.32. The molecule has 2 aromatic rings. The first-order valence-electron chi connectivity index (χ1n) is 6.63. The van der Waals surface area contributed by atoms with Crippen LogP contribution >= 0.6 is 23.7 Å². The monoisotopic (exact) mass is 325 g/mol. The maximum atomic E-state index is 12.1. The normalized spacial score (nSPS) is 13.1. The molecule has 1 aromatic carbocycles. The number of nitrogens with one attached hydrogen (secondary N) is 1. The van der Waals surface area contributed by atoms with Crippen molar-refractivity contribution in [2.24, 2.45) is 5.73 Å². The van der Waals surface area contributed by atoms with E-state index in [0.717, 1.165) is 22.7 Å². The Morgan fingerprint density at radius 2 is 2.05 bits per heavy atom. The summed E-state index contributed by atoms with van der Waals surface area (Å²) in [5.41, 5.74) is 6.97. The van der Waals surface area contributed by atoms with E-state index in [1.165, 1.54) is 0 Å². The minimum atomic E-state index is -0.831. The third kappa shape index (κ3) is 4.52. The van der Waals surface area contributed by atoms with Gasteiger partial charge in [-0.15, -0.1) is 23.7 Å². The average molecular weight is 326 g/mol. The smallest absolute Gasteiger partial charge is 0.244 e. The summed E-state index contributed by atoms with van der Waals surface area (Å²) in [5.74, 6) is -0.152. The van der Waals surface area contributed by atoms with Crippen LogP contribution in [0.15, 0.2) is 35.8 Å². The molecule has 0 aliphatic carbocycles. The summed E-state index contributed by atoms with van der Waals surface area (Å²) in [6.45, 7) is 3.77. The Hall–Kier alpha value is -1.43. The van der Waals surface area contributed by atoms with E-state index in [0.29, 0.717) is 6.42 Å². The number of benzene rings is 1. The van der Waals surface area contributed by atoms with Gasteiger partial charge in [0.15, 0.2) is 0 Å². The average Bonchev–Trinajstić information content (AvgIpc) is 2.93. The van der Waals surface area contributed by atoms with Crippen molar-refractivity contribution in [3.05, 3.63) is 35.8 Å². The summed E-state index contributed by atoms with van der Waals surface area (Å²) in [4.78, 5) is 16.3. The topological polar surface area (TPSA) is 68.0 Å². The standard InChI is InChI=1S/C15H19N3OS.ClH/c1-3-8-15(2,16)14(19)18-12-6-4-11(5-7-12)13-17-9-10-20-13;/h4-7,9-10H,3,8,16H2,1-2H3,(H,18,19);1H. The van der Waals surface area contributed by atoms with Crippen molar-refractivity contribution in [2.45, 2.75) is 32.2 Å². The Bertz CT molecular complexity index is 567. The summed E-state index contributed by atoms with van der Waals surface area (Å²) in [5, 5.41) is 5.77. The van der Waals surface area contributed by atoms with E-state index < -0.39 is 5.54 Å². The van der Waals surface area contributed by atoms with E-state index in [4.69, 9.17) is 5.73 Å². The van der Waals surface area contributed by atoms with Gasteiger partial charge in [0.1, 0.15) is 5.01 Å². The van der Waals surface area contributed by atoms with Crippen LogP contribution in [0, 0.1) is 0 Å². The fourth-order valence-electron chi connectivity index (χ4n) is 1.97. The van der Waals surface area contributed by atoms with Gasteiger partial charge in [0.2, 0.25) is 5.91 Å². The molecule has 1 heterocycles. The first-order chi connectivity index (χ1) is 9.53. The molecule has 0 aliphatic heterocycles. The highest BCUT2D eigenvalue weighted by Crippen LogP contribution is 2.23. The number of hydrogen-bond donors (Lipinski definition) is 2. The van der Waals surface area contributed by atoms with Gasteiger partial charge in [-0.25, -0.2) is 4.98 Å². The van der Waals surface area contributed by atoms with Crippen LogP contribution < -0.4 is 11.1 Å². The number of thiazole rings is 1. The molecule has 2 rings (SSSR count). The second-order valence-electron chi connectivity index (χ2n) is 5.04. The number of carbonyl (C=O) groups excluding carboxylic acids is 1. The predicted octanol–water partition coefficient (Wildman–Crippen LogP) is 3.69. The molecule has 0 saturated heterocycles. The quantitative estimate of drug-likeness (QED) is 0.881. The zero-order chi connectivity index (χ0) is 14.6. The van der Waals surface area contributed by atoms with Crippen molar-refractivity contribution in [2.75, 3.05) is 5.32 Å². The Morgan fingerprint density at radius 1 is 1.38 bits per heavy atom. The zero-order valence-electron chi connectivity index (χ0n) is 12.1. The highest BCUT2D eigenvalue weighted by Gasteiger charge is 2.27. The Labute approximate surface area is 135 Å². The Balaban J connectivity index is 0.00000220. The number of rotatable bonds is 5. The lowest BCUT2D eigenvalue weighted by Gasteiger charge is -2.22. The maximum Gasteiger partial charge on any atom is 0.244 e. The predicted molar refractivity (Wildman–Crippen MR) is 90.9 cm³/mol. The maximum absolute atomic E-state index is 12.1. The largest absolute Gasteiger partial charge is 0.325 e. The van der Waals surface area contributed by atoms with Crippen LogP contribution in [0.4, 0.5) is 5.69 Å². The van der Waals surface area contributed by atoms with Crippen LogP contribution in [0.25, 0.3) is 10.6 Å². The van der Waals surface area contributed by atoms with Crippen LogP contribution in [0.2, 0.25) is 0 Å². The van der Waals surface area contributed by atoms with Crippen molar-refractivity contribution in [3.63, 3.8) is 0 Å². The molecule has 1 unspecified atom stereocenters. The van der Waals surface area contributed by atoms with Gasteiger partial charge < -0.3 is 11.1 Å². The Kier molecular flexibility index (Phi) is 6.33. The lowest BCUT2D eigenvalue weighted by Crippen LogP contribution is -2.48. The summed E-state index contributed by atoms with van der Waals surface area (Å²) in [7, 11) is 0. The third-order valence-electron chi connectivity index (χ3n) is 3.11. The Morgan fingerprint density at radius 3 is 2.57 bits per heavy atom. The molecule has 1 amide bonds. The van der Waals surface area contributed by atoms with E-state index in [1.807, 2.05) is 36.6 Å². The number of aromatic nitrogens is 1. The van der Waals surface area contributed by atoms with Crippen LogP contribution in [-0.4, -0.2) is 16.4 Å². The number of anilines is 1. The molecule has 1 atom stereocenters. The second kappa shape index (κ2) is 7.54. The van der Waals surface area contributed by atoms with E-state index in [1.54, 1.807) is 24.5 Å². The van der Waals surface area contributed by atoms with Crippen molar-refractivity contribution < 1.29 is 4.79 Å². The molecule has 0 aliphatic rings. The SMILES string of the molecule is CCCC(C)(N)C(=O)Nc1ccc(-c2nccs2)cc1.Cl. The zero-order valence-corrected chi connectivity index (χ0v) is 13.8. The van der Waals surface area contributed by atoms with E-state index in [-0.39, 0.29) is 18.3 Å². The molecule has 3 N–H and O–H groups in total. The molecule has 0 bridgehead atoms. The molecule has 6 heteroatoms. The molecular weight excluding hydrogens is 306 g/mol. The third-order valence-corrected chi connectivity index (χ3v) is 3.93. The molecule has 1 aromatic heterocycles. The van der Waals surface area contributed by atoms with Crippen molar-refractivity contribution in [3.8, 4) is 10.6 Å². The van der Waals surface area contributed by atoms with Gasteiger partial charge in [-0.2, -0.15) is 0 Å². The van der Waals surface area contributed by atoms with Gasteiger partial charge in [-0.1, -0.05) is 13.3 Å². The van der Waals surface area contributed by atoms with Crippen molar-refractivity contribution >= 4 is 35.3 Å².